The van der Waals surface area contributed by atoms with Crippen molar-refractivity contribution in [3.63, 3.8) is 0 Å². The Hall–Kier alpha value is -3.33. The molecule has 1 atom stereocenters. The molecular weight excluding hydrogens is 308 g/mol. The maximum atomic E-state index is 12.6. The molecule has 2 N–H and O–H groups in total. The topological polar surface area (TPSA) is 41.1 Å². The summed E-state index contributed by atoms with van der Waals surface area (Å²) in [6.45, 7) is 0. The molecule has 3 nitrogen and oxygen atoms in total. The van der Waals surface area contributed by atoms with Crippen molar-refractivity contribution in [3.05, 3.63) is 90.0 Å². The molecule has 0 aromatic heterocycles. The summed E-state index contributed by atoms with van der Waals surface area (Å²) < 4.78 is 0. The first-order valence-corrected chi connectivity index (χ1v) is 8.38. The second kappa shape index (κ2) is 5.35. The molecule has 5 rings (SSSR count). The summed E-state index contributed by atoms with van der Waals surface area (Å²) in [5, 5.41) is 11.3. The summed E-state index contributed by atoms with van der Waals surface area (Å²) in [4.78, 5) is 12.6. The molecule has 4 aromatic carbocycles. The van der Waals surface area contributed by atoms with Gasteiger partial charge in [-0.15, -0.1) is 0 Å². The molecule has 1 amide bonds. The van der Waals surface area contributed by atoms with Crippen LogP contribution in [-0.4, -0.2) is 5.91 Å². The molecule has 0 radical (unpaired) electrons. The third-order valence-electron chi connectivity index (χ3n) is 4.85. The van der Waals surface area contributed by atoms with Gasteiger partial charge in [-0.05, 0) is 39.7 Å². The number of rotatable bonds is 1. The maximum absolute atomic E-state index is 12.6. The Morgan fingerprint density at radius 3 is 2.00 bits per heavy atom. The smallest absolute Gasteiger partial charge is 0.255 e. The van der Waals surface area contributed by atoms with Gasteiger partial charge in [0.2, 0.25) is 0 Å². The van der Waals surface area contributed by atoms with E-state index in [-0.39, 0.29) is 12.1 Å². The minimum absolute atomic E-state index is 0.0450. The number of amides is 1. The Morgan fingerprint density at radius 1 is 0.680 bits per heavy atom. The average Bonchev–Trinajstić information content (AvgIpc) is 2.66. The van der Waals surface area contributed by atoms with Crippen LogP contribution in [0.3, 0.4) is 0 Å². The standard InChI is InChI=1S/C22H16N2O/c25-22-18-11-5-6-12-19(18)23-21(24-22)20-16-9-3-1-7-14(16)13-15-8-2-4-10-17(15)20/h1-13,21,23H,(H,24,25)/t21-/m1/s1. The summed E-state index contributed by atoms with van der Waals surface area (Å²) in [5.41, 5.74) is 2.66. The fourth-order valence-corrected chi connectivity index (χ4v) is 3.71. The Kier molecular flexibility index (Phi) is 3.01. The Labute approximate surface area is 145 Å². The van der Waals surface area contributed by atoms with Gasteiger partial charge in [-0.2, -0.15) is 0 Å². The van der Waals surface area contributed by atoms with E-state index in [0.29, 0.717) is 5.56 Å². The molecular formula is C22H16N2O. The molecule has 25 heavy (non-hydrogen) atoms. The second-order valence-electron chi connectivity index (χ2n) is 6.33. The summed E-state index contributed by atoms with van der Waals surface area (Å²) in [6, 6.07) is 26.5. The van der Waals surface area contributed by atoms with Crippen LogP contribution >= 0.6 is 0 Å². The van der Waals surface area contributed by atoms with Crippen LogP contribution in [0.5, 0.6) is 0 Å². The number of carbonyl (C=O) groups is 1. The van der Waals surface area contributed by atoms with Gasteiger partial charge in [0, 0.05) is 11.3 Å². The number of fused-ring (bicyclic) bond motifs is 3. The highest BCUT2D eigenvalue weighted by Gasteiger charge is 2.26. The number of anilines is 1. The van der Waals surface area contributed by atoms with E-state index in [4.69, 9.17) is 0 Å². The first-order chi connectivity index (χ1) is 12.3. The Balaban J connectivity index is 1.78. The van der Waals surface area contributed by atoms with Gasteiger partial charge in [0.15, 0.2) is 0 Å². The third kappa shape index (κ3) is 2.17. The number of hydrogen-bond donors (Lipinski definition) is 2. The van der Waals surface area contributed by atoms with Crippen molar-refractivity contribution >= 4 is 33.1 Å². The molecule has 0 spiro atoms. The highest BCUT2D eigenvalue weighted by atomic mass is 16.2. The van der Waals surface area contributed by atoms with Crippen LogP contribution in [0.15, 0.2) is 78.9 Å². The van der Waals surface area contributed by atoms with Crippen molar-refractivity contribution in [2.24, 2.45) is 0 Å². The zero-order valence-corrected chi connectivity index (χ0v) is 13.5. The fourth-order valence-electron chi connectivity index (χ4n) is 3.71. The number of benzene rings is 4. The highest BCUT2D eigenvalue weighted by molar-refractivity contribution is 6.06. The van der Waals surface area contributed by atoms with E-state index in [1.807, 2.05) is 48.5 Å². The quantitative estimate of drug-likeness (QED) is 0.492. The first-order valence-electron chi connectivity index (χ1n) is 8.38. The fraction of sp³-hybridized carbons (Fsp3) is 0.0455. The van der Waals surface area contributed by atoms with Crippen LogP contribution in [0.4, 0.5) is 5.69 Å². The van der Waals surface area contributed by atoms with Crippen molar-refractivity contribution in [2.45, 2.75) is 6.17 Å². The van der Waals surface area contributed by atoms with Gasteiger partial charge in [-0.1, -0.05) is 60.7 Å². The van der Waals surface area contributed by atoms with Crippen LogP contribution in [0, 0.1) is 0 Å². The lowest BCUT2D eigenvalue weighted by molar-refractivity contribution is 0.0936. The van der Waals surface area contributed by atoms with Gasteiger partial charge in [0.05, 0.1) is 5.56 Å². The van der Waals surface area contributed by atoms with E-state index < -0.39 is 0 Å². The van der Waals surface area contributed by atoms with Crippen LogP contribution in [0.25, 0.3) is 21.5 Å². The normalized spacial score (nSPS) is 16.3. The third-order valence-corrected chi connectivity index (χ3v) is 4.85. The van der Waals surface area contributed by atoms with Crippen molar-refractivity contribution in [2.75, 3.05) is 5.32 Å². The van der Waals surface area contributed by atoms with Crippen LogP contribution in [0.2, 0.25) is 0 Å². The van der Waals surface area contributed by atoms with Crippen LogP contribution < -0.4 is 10.6 Å². The molecule has 1 heterocycles. The molecule has 0 bridgehead atoms. The van der Waals surface area contributed by atoms with E-state index in [9.17, 15) is 4.79 Å². The van der Waals surface area contributed by atoms with Crippen molar-refractivity contribution < 1.29 is 4.79 Å². The van der Waals surface area contributed by atoms with E-state index in [1.165, 1.54) is 10.8 Å². The zero-order chi connectivity index (χ0) is 16.8. The van der Waals surface area contributed by atoms with Gasteiger partial charge in [0.25, 0.3) is 5.91 Å². The van der Waals surface area contributed by atoms with Crippen molar-refractivity contribution in [1.29, 1.82) is 0 Å². The van der Waals surface area contributed by atoms with Gasteiger partial charge < -0.3 is 10.6 Å². The van der Waals surface area contributed by atoms with E-state index in [2.05, 4.69) is 41.0 Å². The highest BCUT2D eigenvalue weighted by Crippen LogP contribution is 2.35. The molecule has 4 aromatic rings. The minimum atomic E-state index is -0.265. The monoisotopic (exact) mass is 324 g/mol. The van der Waals surface area contributed by atoms with Crippen molar-refractivity contribution in [1.82, 2.24) is 5.32 Å². The SMILES string of the molecule is O=C1N[C@H](c2c3ccccc3cc3ccccc23)Nc2ccccc21. The maximum Gasteiger partial charge on any atom is 0.255 e. The summed E-state index contributed by atoms with van der Waals surface area (Å²) >= 11 is 0. The van der Waals surface area contributed by atoms with E-state index in [1.54, 1.807) is 0 Å². The van der Waals surface area contributed by atoms with E-state index in [0.717, 1.165) is 22.0 Å². The van der Waals surface area contributed by atoms with Gasteiger partial charge in [-0.25, -0.2) is 0 Å². The van der Waals surface area contributed by atoms with Crippen LogP contribution in [0.1, 0.15) is 22.1 Å². The molecule has 120 valence electrons. The predicted molar refractivity (Wildman–Crippen MR) is 102 cm³/mol. The summed E-state index contributed by atoms with van der Waals surface area (Å²) in [7, 11) is 0. The lowest BCUT2D eigenvalue weighted by Gasteiger charge is -2.30. The number of hydrogen-bond acceptors (Lipinski definition) is 2. The zero-order valence-electron chi connectivity index (χ0n) is 13.5. The largest absolute Gasteiger partial charge is 0.361 e. The van der Waals surface area contributed by atoms with Crippen LogP contribution in [-0.2, 0) is 0 Å². The molecule has 0 unspecified atom stereocenters. The predicted octanol–water partition coefficient (Wildman–Crippen LogP) is 4.85. The van der Waals surface area contributed by atoms with Gasteiger partial charge in [-0.3, -0.25) is 4.79 Å². The molecule has 3 heteroatoms. The van der Waals surface area contributed by atoms with Crippen molar-refractivity contribution in [3.8, 4) is 0 Å². The molecule has 0 fully saturated rings. The number of para-hydroxylation sites is 1. The van der Waals surface area contributed by atoms with Gasteiger partial charge in [0.1, 0.15) is 6.17 Å². The minimum Gasteiger partial charge on any atom is -0.361 e. The van der Waals surface area contributed by atoms with E-state index >= 15 is 0 Å². The Bertz CT molecular complexity index is 1080. The molecule has 1 aliphatic heterocycles. The molecule has 0 saturated carbocycles. The molecule has 0 saturated heterocycles. The first kappa shape index (κ1) is 14.1. The Morgan fingerprint density at radius 2 is 1.28 bits per heavy atom. The summed E-state index contributed by atoms with van der Waals surface area (Å²) in [6.07, 6.45) is -0.265. The molecule has 1 aliphatic rings. The number of carbonyl (C=O) groups excluding carboxylic acids is 1. The molecule has 0 aliphatic carbocycles. The lowest BCUT2D eigenvalue weighted by Crippen LogP contribution is -2.38. The second-order valence-corrected chi connectivity index (χ2v) is 6.33. The lowest BCUT2D eigenvalue weighted by atomic mass is 9.93. The van der Waals surface area contributed by atoms with Gasteiger partial charge >= 0.3 is 0 Å². The number of nitrogens with one attached hydrogen (secondary N) is 2. The average molecular weight is 324 g/mol. The summed E-state index contributed by atoms with van der Waals surface area (Å²) in [5.74, 6) is -0.0450.